The lowest BCUT2D eigenvalue weighted by atomic mass is 9.96. The second kappa shape index (κ2) is 15.1. The van der Waals surface area contributed by atoms with Gasteiger partial charge in [0.25, 0.3) is 0 Å². The van der Waals surface area contributed by atoms with Crippen molar-refractivity contribution in [3.8, 4) is 0 Å². The second-order valence-electron chi connectivity index (χ2n) is 6.22. The fourth-order valence-corrected chi connectivity index (χ4v) is 2.69. The molecule has 0 aliphatic rings. The topological polar surface area (TPSA) is 0 Å². The fraction of sp³-hybridized carbons (Fsp3) is 1.00. The largest absolute Gasteiger partial charge is 0.0654 e. The summed E-state index contributed by atoms with van der Waals surface area (Å²) in [6.07, 6.45) is 20.3. The van der Waals surface area contributed by atoms with Crippen molar-refractivity contribution in [3.63, 3.8) is 0 Å². The van der Waals surface area contributed by atoms with E-state index in [4.69, 9.17) is 0 Å². The molecule has 0 radical (unpaired) electrons. The first-order chi connectivity index (χ1) is 8.81. The van der Waals surface area contributed by atoms with Gasteiger partial charge >= 0.3 is 0 Å². The van der Waals surface area contributed by atoms with E-state index in [9.17, 15) is 0 Å². The first-order valence-corrected chi connectivity index (χ1v) is 8.81. The summed E-state index contributed by atoms with van der Waals surface area (Å²) in [6, 6.07) is 0. The van der Waals surface area contributed by atoms with Crippen LogP contribution in [0.1, 0.15) is 111 Å². The van der Waals surface area contributed by atoms with E-state index in [0.29, 0.717) is 0 Å². The highest BCUT2D eigenvalue weighted by Crippen LogP contribution is 2.18. The van der Waals surface area contributed by atoms with Gasteiger partial charge in [-0.2, -0.15) is 0 Å². The minimum absolute atomic E-state index is 0.974. The van der Waals surface area contributed by atoms with Crippen molar-refractivity contribution in [2.75, 3.05) is 0 Å². The van der Waals surface area contributed by atoms with Crippen LogP contribution in [-0.2, 0) is 0 Å². The normalized spacial score (nSPS) is 12.8. The summed E-state index contributed by atoms with van der Waals surface area (Å²) >= 11 is 0. The summed E-state index contributed by atoms with van der Waals surface area (Å²) in [5, 5.41) is 0. The van der Waals surface area contributed by atoms with Crippen LogP contribution in [0.15, 0.2) is 0 Å². The maximum atomic E-state index is 2.46. The van der Waals surface area contributed by atoms with Crippen LogP contribution in [0.5, 0.6) is 0 Å². The van der Waals surface area contributed by atoms with Crippen LogP contribution in [0.25, 0.3) is 0 Å². The molecule has 0 aromatic heterocycles. The minimum atomic E-state index is 0.974. The van der Waals surface area contributed by atoms with E-state index in [-0.39, 0.29) is 0 Å². The van der Waals surface area contributed by atoms with Gasteiger partial charge in [0.1, 0.15) is 0 Å². The van der Waals surface area contributed by atoms with Crippen molar-refractivity contribution in [1.82, 2.24) is 0 Å². The van der Waals surface area contributed by atoms with Gasteiger partial charge in [0, 0.05) is 0 Å². The van der Waals surface area contributed by atoms with Crippen molar-refractivity contribution in [3.05, 3.63) is 0 Å². The molecule has 0 aliphatic heterocycles. The van der Waals surface area contributed by atoms with Crippen LogP contribution in [0.4, 0.5) is 0 Å². The average molecular weight is 255 g/mol. The molecule has 0 aromatic carbocycles. The smallest absolute Gasteiger partial charge is 0.0443 e. The minimum Gasteiger partial charge on any atom is -0.0654 e. The summed E-state index contributed by atoms with van der Waals surface area (Å²) in [5.74, 6) is 0.974. The lowest BCUT2D eigenvalue weighted by Gasteiger charge is -2.10. The molecule has 0 N–H and O–H groups in total. The van der Waals surface area contributed by atoms with Crippen molar-refractivity contribution in [2.24, 2.45) is 5.92 Å². The summed E-state index contributed by atoms with van der Waals surface area (Å²) in [7, 11) is 0. The van der Waals surface area contributed by atoms with Crippen LogP contribution in [0.3, 0.4) is 0 Å². The van der Waals surface area contributed by atoms with Crippen LogP contribution in [0, 0.1) is 5.92 Å². The molecule has 0 amide bonds. The van der Waals surface area contributed by atoms with Gasteiger partial charge in [0.2, 0.25) is 0 Å². The van der Waals surface area contributed by atoms with Crippen molar-refractivity contribution in [1.29, 1.82) is 0 Å². The predicted octanol–water partition coefficient (Wildman–Crippen LogP) is 7.12. The second-order valence-corrected chi connectivity index (χ2v) is 6.22. The Kier molecular flexibility index (Phi) is 15.1. The molecular formula is C18H38. The maximum Gasteiger partial charge on any atom is -0.0443 e. The number of unbranched alkanes of at least 4 members (excludes halogenated alkanes) is 10. The van der Waals surface area contributed by atoms with Gasteiger partial charge < -0.3 is 0 Å². The highest BCUT2D eigenvalue weighted by Gasteiger charge is 2.01. The summed E-state index contributed by atoms with van der Waals surface area (Å²) in [5.41, 5.74) is 0. The molecule has 1 atom stereocenters. The Labute approximate surface area is 117 Å². The Hall–Kier alpha value is 0. The standard InChI is InChI=1S/C18H38/c1-4-6-8-10-11-13-15-17-18(3)16-14-12-9-7-5-2/h18H,4-17H2,1-3H3. The van der Waals surface area contributed by atoms with E-state index in [0.717, 1.165) is 5.92 Å². The summed E-state index contributed by atoms with van der Waals surface area (Å²) in [4.78, 5) is 0. The molecule has 0 spiro atoms. The van der Waals surface area contributed by atoms with Crippen LogP contribution >= 0.6 is 0 Å². The molecular weight excluding hydrogens is 216 g/mol. The number of rotatable bonds is 14. The van der Waals surface area contributed by atoms with E-state index < -0.39 is 0 Å². The highest BCUT2D eigenvalue weighted by molar-refractivity contribution is 4.55. The molecule has 1 unspecified atom stereocenters. The summed E-state index contributed by atoms with van der Waals surface area (Å²) in [6.45, 7) is 7.04. The van der Waals surface area contributed by atoms with E-state index in [1.807, 2.05) is 0 Å². The van der Waals surface area contributed by atoms with Crippen LogP contribution < -0.4 is 0 Å². The Balaban J connectivity index is 3.09. The molecule has 18 heavy (non-hydrogen) atoms. The van der Waals surface area contributed by atoms with E-state index in [1.165, 1.54) is 89.9 Å². The third-order valence-electron chi connectivity index (χ3n) is 4.10. The lowest BCUT2D eigenvalue weighted by molar-refractivity contribution is 0.432. The molecule has 0 aliphatic carbocycles. The summed E-state index contributed by atoms with van der Waals surface area (Å²) < 4.78 is 0. The van der Waals surface area contributed by atoms with Gasteiger partial charge in [-0.05, 0) is 5.92 Å². The van der Waals surface area contributed by atoms with Gasteiger partial charge in [-0.25, -0.2) is 0 Å². The molecule has 0 rings (SSSR count). The zero-order valence-electron chi connectivity index (χ0n) is 13.5. The van der Waals surface area contributed by atoms with Gasteiger partial charge in [-0.3, -0.25) is 0 Å². The molecule has 0 heteroatoms. The third kappa shape index (κ3) is 14.1. The third-order valence-corrected chi connectivity index (χ3v) is 4.10. The van der Waals surface area contributed by atoms with Gasteiger partial charge in [-0.1, -0.05) is 111 Å². The Bertz CT molecular complexity index is 139. The molecule has 0 aromatic rings. The zero-order valence-corrected chi connectivity index (χ0v) is 13.5. The molecule has 0 heterocycles. The van der Waals surface area contributed by atoms with Gasteiger partial charge in [0.05, 0.1) is 0 Å². The van der Waals surface area contributed by atoms with Crippen LogP contribution in [0.2, 0.25) is 0 Å². The highest BCUT2D eigenvalue weighted by atomic mass is 14.1. The molecule has 0 bridgehead atoms. The molecule has 0 fully saturated rings. The first-order valence-electron chi connectivity index (χ1n) is 8.81. The molecule has 0 saturated carbocycles. The lowest BCUT2D eigenvalue weighted by Crippen LogP contribution is -1.95. The Morgan fingerprint density at radius 2 is 0.833 bits per heavy atom. The van der Waals surface area contributed by atoms with E-state index in [1.54, 1.807) is 0 Å². The monoisotopic (exact) mass is 254 g/mol. The Morgan fingerprint density at radius 1 is 0.500 bits per heavy atom. The van der Waals surface area contributed by atoms with Crippen LogP contribution in [-0.4, -0.2) is 0 Å². The average Bonchev–Trinajstić information content (AvgIpc) is 2.37. The van der Waals surface area contributed by atoms with Gasteiger partial charge in [0.15, 0.2) is 0 Å². The molecule has 0 saturated heterocycles. The molecule has 110 valence electrons. The number of hydrogen-bond donors (Lipinski definition) is 0. The van der Waals surface area contributed by atoms with Crippen molar-refractivity contribution >= 4 is 0 Å². The quantitative estimate of drug-likeness (QED) is 0.289. The number of hydrogen-bond acceptors (Lipinski definition) is 0. The molecule has 0 nitrogen and oxygen atoms in total. The van der Waals surface area contributed by atoms with Crippen molar-refractivity contribution in [2.45, 2.75) is 111 Å². The van der Waals surface area contributed by atoms with E-state index in [2.05, 4.69) is 20.8 Å². The van der Waals surface area contributed by atoms with E-state index >= 15 is 0 Å². The first kappa shape index (κ1) is 18.0. The van der Waals surface area contributed by atoms with Crippen molar-refractivity contribution < 1.29 is 0 Å². The maximum absolute atomic E-state index is 2.46. The zero-order chi connectivity index (χ0) is 13.5. The fourth-order valence-electron chi connectivity index (χ4n) is 2.69. The Morgan fingerprint density at radius 3 is 1.22 bits per heavy atom. The van der Waals surface area contributed by atoms with Gasteiger partial charge in [-0.15, -0.1) is 0 Å². The predicted molar refractivity (Wildman–Crippen MR) is 85.2 cm³/mol. The SMILES string of the molecule is CCCCCCCCCC(C)CCCCCCC.